The van der Waals surface area contributed by atoms with Gasteiger partial charge in [0.15, 0.2) is 5.75 Å². The van der Waals surface area contributed by atoms with Crippen LogP contribution in [0.15, 0.2) is 12.1 Å². The van der Waals surface area contributed by atoms with Gasteiger partial charge in [-0.05, 0) is 37.5 Å². The van der Waals surface area contributed by atoms with Crippen molar-refractivity contribution in [1.29, 1.82) is 0 Å². The van der Waals surface area contributed by atoms with E-state index in [9.17, 15) is 43.2 Å². The minimum Gasteiger partial charge on any atom is -0.377 e. The lowest BCUT2D eigenvalue weighted by molar-refractivity contribution is -0.247. The van der Waals surface area contributed by atoms with E-state index in [0.717, 1.165) is 14.2 Å². The number of hydrogen-bond donors (Lipinski definition) is 1. The predicted molar refractivity (Wildman–Crippen MR) is 107 cm³/mol. The Morgan fingerprint density at radius 2 is 1.18 bits per heavy atom. The Balaban J connectivity index is 3.88. The number of ether oxygens (including phenoxy) is 2. The molecule has 2 unspecified atom stereocenters. The van der Waals surface area contributed by atoms with Crippen LogP contribution in [0.3, 0.4) is 0 Å². The van der Waals surface area contributed by atoms with E-state index in [1.165, 1.54) is 26.0 Å². The maximum atomic E-state index is 14.3. The van der Waals surface area contributed by atoms with Gasteiger partial charge in [0.1, 0.15) is 0 Å². The molecule has 198 valence electrons. The summed E-state index contributed by atoms with van der Waals surface area (Å²) in [6.07, 6.45) is -2.14. The van der Waals surface area contributed by atoms with Gasteiger partial charge in [0, 0.05) is 25.3 Å². The van der Waals surface area contributed by atoms with Gasteiger partial charge in [-0.15, -0.1) is 0 Å². The van der Waals surface area contributed by atoms with Crippen LogP contribution in [0.5, 0.6) is 5.75 Å². The summed E-state index contributed by atoms with van der Waals surface area (Å²) in [6.45, 7) is 6.11. The highest BCUT2D eigenvalue weighted by Gasteiger charge is 2.83. The van der Waals surface area contributed by atoms with Crippen molar-refractivity contribution in [1.82, 2.24) is 0 Å². The fourth-order valence-corrected chi connectivity index (χ4v) is 4.11. The molecule has 0 fully saturated rings. The average molecular weight is 547 g/mol. The number of hydrogen-bond acceptors (Lipinski definition) is 7. The minimum absolute atomic E-state index is 0.213. The van der Waals surface area contributed by atoms with Crippen molar-refractivity contribution in [3.8, 4) is 5.75 Å². The molecule has 8 nitrogen and oxygen atoms in total. The van der Waals surface area contributed by atoms with Crippen molar-refractivity contribution in [2.75, 3.05) is 14.2 Å². The summed E-state index contributed by atoms with van der Waals surface area (Å²) in [5, 5.41) is -13.7. The molecular formula is C18H24F6O8S2. The third kappa shape index (κ3) is 5.15. The molecule has 1 rings (SSSR count). The Labute approximate surface area is 193 Å². The molecule has 0 saturated heterocycles. The second kappa shape index (κ2) is 9.79. The quantitative estimate of drug-likeness (QED) is 0.242. The molecule has 0 spiro atoms. The lowest BCUT2D eigenvalue weighted by atomic mass is 9.93. The van der Waals surface area contributed by atoms with Gasteiger partial charge >= 0.3 is 36.7 Å². The lowest BCUT2D eigenvalue weighted by Gasteiger charge is -2.31. The van der Waals surface area contributed by atoms with E-state index in [1.807, 2.05) is 0 Å². The lowest BCUT2D eigenvalue weighted by Crippen LogP contribution is -2.61. The third-order valence-corrected chi connectivity index (χ3v) is 7.16. The Bertz CT molecular complexity index is 1070. The number of benzene rings is 1. The van der Waals surface area contributed by atoms with Crippen LogP contribution in [0.1, 0.15) is 62.5 Å². The monoisotopic (exact) mass is 546 g/mol. The molecule has 0 aromatic heterocycles. The Hall–Kier alpha value is -1.62. The summed E-state index contributed by atoms with van der Waals surface area (Å²) in [7, 11) is -11.9. The van der Waals surface area contributed by atoms with Gasteiger partial charge in [-0.2, -0.15) is 43.2 Å². The van der Waals surface area contributed by atoms with Crippen molar-refractivity contribution < 1.29 is 61.4 Å². The molecule has 0 amide bonds. The molecule has 1 N–H and O–H groups in total. The molecule has 0 aliphatic rings. The molecule has 1 aromatic rings. The number of alkyl halides is 6. The highest BCUT2D eigenvalue weighted by atomic mass is 32.2. The second-order valence-corrected chi connectivity index (χ2v) is 10.6. The van der Waals surface area contributed by atoms with Gasteiger partial charge in [-0.1, -0.05) is 13.8 Å². The van der Waals surface area contributed by atoms with Crippen molar-refractivity contribution in [3.63, 3.8) is 0 Å². The number of methoxy groups -OCH3 is 2. The first kappa shape index (κ1) is 30.4. The van der Waals surface area contributed by atoms with Gasteiger partial charge < -0.3 is 13.7 Å². The van der Waals surface area contributed by atoms with Crippen LogP contribution in [0.2, 0.25) is 0 Å². The van der Waals surface area contributed by atoms with Crippen molar-refractivity contribution in [2.24, 2.45) is 0 Å². The summed E-state index contributed by atoms with van der Waals surface area (Å²) in [5.41, 5.74) is 0.0613. The first-order chi connectivity index (χ1) is 15.1. The normalized spacial score (nSPS) is 15.9. The van der Waals surface area contributed by atoms with Gasteiger partial charge in [0.05, 0.1) is 12.2 Å². The molecule has 2 atom stereocenters. The summed E-state index contributed by atoms with van der Waals surface area (Å²) in [5.74, 6) is -8.31. The Morgan fingerprint density at radius 1 is 0.794 bits per heavy atom. The summed E-state index contributed by atoms with van der Waals surface area (Å²) < 4.78 is 152. The van der Waals surface area contributed by atoms with Crippen LogP contribution in [-0.2, 0) is 29.7 Å². The maximum Gasteiger partial charge on any atom is 0.450 e. The van der Waals surface area contributed by atoms with Crippen LogP contribution in [-0.4, -0.2) is 52.0 Å². The fraction of sp³-hybridized carbons (Fsp3) is 0.667. The van der Waals surface area contributed by atoms with E-state index in [-0.39, 0.29) is 17.0 Å². The smallest absolute Gasteiger partial charge is 0.377 e. The highest BCUT2D eigenvalue weighted by Crippen LogP contribution is 2.51. The average Bonchev–Trinajstić information content (AvgIpc) is 2.70. The van der Waals surface area contributed by atoms with Gasteiger partial charge in [0.2, 0.25) is 0 Å². The number of halogens is 6. The van der Waals surface area contributed by atoms with E-state index in [2.05, 4.69) is 4.18 Å². The van der Waals surface area contributed by atoms with Crippen molar-refractivity contribution in [3.05, 3.63) is 28.8 Å². The fourth-order valence-electron chi connectivity index (χ4n) is 2.64. The van der Waals surface area contributed by atoms with E-state index in [4.69, 9.17) is 14.0 Å². The molecule has 0 radical (unpaired) electrons. The van der Waals surface area contributed by atoms with Crippen LogP contribution in [0, 0.1) is 0 Å². The molecular weight excluding hydrogens is 522 g/mol. The maximum absolute atomic E-state index is 14.3. The van der Waals surface area contributed by atoms with Crippen molar-refractivity contribution >= 4 is 20.2 Å². The van der Waals surface area contributed by atoms with Crippen LogP contribution in [0.25, 0.3) is 0 Å². The van der Waals surface area contributed by atoms with E-state index in [0.29, 0.717) is 5.56 Å². The molecule has 0 aliphatic heterocycles. The van der Waals surface area contributed by atoms with E-state index in [1.54, 1.807) is 13.8 Å². The largest absolute Gasteiger partial charge is 0.450 e. The molecule has 0 bridgehead atoms. The first-order valence-electron chi connectivity index (χ1n) is 9.38. The summed E-state index contributed by atoms with van der Waals surface area (Å²) >= 11 is 0. The zero-order valence-corrected chi connectivity index (χ0v) is 20.4. The van der Waals surface area contributed by atoms with E-state index >= 15 is 0 Å². The van der Waals surface area contributed by atoms with Gasteiger partial charge in [-0.3, -0.25) is 4.55 Å². The third-order valence-electron chi connectivity index (χ3n) is 4.98. The molecule has 0 aliphatic carbocycles. The second-order valence-electron chi connectivity index (χ2n) is 7.56. The molecule has 1 aromatic carbocycles. The molecule has 0 saturated carbocycles. The topological polar surface area (TPSA) is 116 Å². The van der Waals surface area contributed by atoms with Crippen LogP contribution in [0.4, 0.5) is 26.3 Å². The Kier molecular flexibility index (Phi) is 8.76. The van der Waals surface area contributed by atoms with Crippen molar-refractivity contribution in [2.45, 2.75) is 62.3 Å². The highest BCUT2D eigenvalue weighted by molar-refractivity contribution is 7.88. The Morgan fingerprint density at radius 3 is 1.47 bits per heavy atom. The van der Waals surface area contributed by atoms with Gasteiger partial charge in [-0.25, -0.2) is 0 Å². The molecule has 0 heterocycles. The van der Waals surface area contributed by atoms with Crippen LogP contribution >= 0.6 is 0 Å². The minimum atomic E-state index is -7.17. The zero-order chi connectivity index (χ0) is 27.1. The first-order valence-corrected chi connectivity index (χ1v) is 12.2. The summed E-state index contributed by atoms with van der Waals surface area (Å²) in [6, 6.07) is 2.55. The molecule has 16 heteroatoms. The van der Waals surface area contributed by atoms with Gasteiger partial charge in [0.25, 0.3) is 0 Å². The molecule has 34 heavy (non-hydrogen) atoms. The standard InChI is InChI=1S/C18H24F6O8S2/c1-9(2)12-7-13(10(3)30-5)15(14(8-12)11(4)31-6)32-34(28,29)18(23,24)16(19,20)17(21,22)33(25,26)27/h7-11H,1-6H3,(H,25,26,27). The predicted octanol–water partition coefficient (Wildman–Crippen LogP) is 4.64. The summed E-state index contributed by atoms with van der Waals surface area (Å²) in [4.78, 5) is 0. The zero-order valence-electron chi connectivity index (χ0n) is 18.8. The number of rotatable bonds is 11. The SMILES string of the molecule is COC(C)c1cc(C(C)C)cc(C(C)OC)c1OS(=O)(=O)C(F)(F)C(F)(F)C(F)(F)S(=O)(=O)O. The van der Waals surface area contributed by atoms with Crippen LogP contribution < -0.4 is 4.18 Å². The van der Waals surface area contributed by atoms with E-state index < -0.39 is 54.6 Å².